The Kier molecular flexibility index (Phi) is 5.86. The number of hydrogen-bond acceptors (Lipinski definition) is 3. The molecule has 0 bridgehead atoms. The molecule has 2 atom stereocenters. The third-order valence-corrected chi connectivity index (χ3v) is 6.43. The number of carbonyl (C=O) groups is 2. The fraction of sp³-hybridized carbons (Fsp3) is 0.500. The van der Waals surface area contributed by atoms with Crippen LogP contribution in [0.25, 0.3) is 0 Å². The van der Waals surface area contributed by atoms with Crippen molar-refractivity contribution in [2.24, 2.45) is 0 Å². The van der Waals surface area contributed by atoms with E-state index in [0.717, 1.165) is 31.5 Å². The number of carbonyl (C=O) groups excluding carboxylic acids is 2. The van der Waals surface area contributed by atoms with Crippen molar-refractivity contribution in [1.29, 1.82) is 0 Å². The molecule has 2 aliphatic heterocycles. The first-order valence-corrected chi connectivity index (χ1v) is 10.8. The molecule has 0 unspecified atom stereocenters. The smallest absolute Gasteiger partial charge is 0.256 e. The van der Waals surface area contributed by atoms with Crippen molar-refractivity contribution in [3.05, 3.63) is 58.9 Å². The summed E-state index contributed by atoms with van der Waals surface area (Å²) in [4.78, 5) is 28.4. The molecule has 0 N–H and O–H groups in total. The number of ketones is 1. The van der Waals surface area contributed by atoms with E-state index in [1.165, 1.54) is 5.56 Å². The summed E-state index contributed by atoms with van der Waals surface area (Å²) >= 11 is 0. The van der Waals surface area contributed by atoms with Crippen LogP contribution in [0.5, 0.6) is 0 Å². The molecule has 1 amide bonds. The van der Waals surface area contributed by atoms with Crippen molar-refractivity contribution in [1.82, 2.24) is 9.47 Å². The topological polar surface area (TPSA) is 51.5 Å². The number of benzene rings is 1. The van der Waals surface area contributed by atoms with Gasteiger partial charge in [-0.05, 0) is 43.7 Å². The van der Waals surface area contributed by atoms with Gasteiger partial charge in [0.05, 0.1) is 30.2 Å². The minimum atomic E-state index is 0.0402. The minimum absolute atomic E-state index is 0.0402. The van der Waals surface area contributed by atoms with Crippen LogP contribution in [0.15, 0.2) is 36.4 Å². The molecule has 2 aromatic rings. The summed E-state index contributed by atoms with van der Waals surface area (Å²) in [5, 5.41) is 0. The summed E-state index contributed by atoms with van der Waals surface area (Å²) in [5.74, 6) is 0.336. The lowest BCUT2D eigenvalue weighted by Gasteiger charge is -2.23. The summed E-state index contributed by atoms with van der Waals surface area (Å²) in [6.45, 7) is 6.61. The molecule has 29 heavy (non-hydrogen) atoms. The van der Waals surface area contributed by atoms with Gasteiger partial charge < -0.3 is 14.2 Å². The van der Waals surface area contributed by atoms with E-state index < -0.39 is 0 Å². The van der Waals surface area contributed by atoms with Crippen molar-refractivity contribution >= 4 is 11.7 Å². The second-order valence-corrected chi connectivity index (χ2v) is 8.23. The highest BCUT2D eigenvalue weighted by Gasteiger charge is 2.32. The Morgan fingerprint density at radius 1 is 1.21 bits per heavy atom. The molecule has 5 nitrogen and oxygen atoms in total. The molecule has 0 radical (unpaired) electrons. The molecule has 1 aromatic carbocycles. The number of nitrogens with zero attached hydrogens (tertiary/aromatic N) is 2. The number of aromatic nitrogens is 1. The number of likely N-dealkylation sites (tertiary alicyclic amines) is 1. The van der Waals surface area contributed by atoms with Crippen molar-refractivity contribution in [3.63, 3.8) is 0 Å². The molecule has 0 spiro atoms. The molecule has 3 heterocycles. The number of fused-ring (bicyclic) bond motifs is 1. The highest BCUT2D eigenvalue weighted by atomic mass is 16.5. The zero-order valence-electron chi connectivity index (χ0n) is 17.4. The lowest BCUT2D eigenvalue weighted by atomic mass is 9.90. The number of rotatable bonds is 6. The van der Waals surface area contributed by atoms with Crippen molar-refractivity contribution in [3.8, 4) is 0 Å². The Morgan fingerprint density at radius 3 is 2.69 bits per heavy atom. The fourth-order valence-corrected chi connectivity index (χ4v) is 4.68. The fourth-order valence-electron chi connectivity index (χ4n) is 4.68. The van der Waals surface area contributed by atoms with Gasteiger partial charge in [0.25, 0.3) is 5.91 Å². The van der Waals surface area contributed by atoms with Gasteiger partial charge in [-0.15, -0.1) is 0 Å². The predicted molar refractivity (Wildman–Crippen MR) is 112 cm³/mol. The summed E-state index contributed by atoms with van der Waals surface area (Å²) in [7, 11) is 0. The number of hydrogen-bond donors (Lipinski definition) is 0. The van der Waals surface area contributed by atoms with E-state index >= 15 is 0 Å². The average molecular weight is 395 g/mol. The molecular weight excluding hydrogens is 364 g/mol. The van der Waals surface area contributed by atoms with Gasteiger partial charge in [-0.25, -0.2) is 0 Å². The highest BCUT2D eigenvalue weighted by molar-refractivity contribution is 6.01. The van der Waals surface area contributed by atoms with Crippen molar-refractivity contribution in [2.45, 2.75) is 64.6 Å². The third-order valence-electron chi connectivity index (χ3n) is 6.43. The van der Waals surface area contributed by atoms with Gasteiger partial charge in [-0.1, -0.05) is 37.3 Å². The van der Waals surface area contributed by atoms with Crippen LogP contribution in [-0.4, -0.2) is 40.4 Å². The molecule has 0 aliphatic carbocycles. The van der Waals surface area contributed by atoms with Gasteiger partial charge in [0.2, 0.25) is 0 Å². The van der Waals surface area contributed by atoms with E-state index in [0.29, 0.717) is 37.4 Å². The summed E-state index contributed by atoms with van der Waals surface area (Å²) in [5.41, 5.74) is 3.36. The van der Waals surface area contributed by atoms with Gasteiger partial charge in [-0.2, -0.15) is 0 Å². The predicted octanol–water partition coefficient (Wildman–Crippen LogP) is 4.41. The Labute approximate surface area is 172 Å². The Bertz CT molecular complexity index is 887. The quantitative estimate of drug-likeness (QED) is 0.682. The molecule has 1 saturated heterocycles. The van der Waals surface area contributed by atoms with Crippen molar-refractivity contribution < 1.29 is 14.3 Å². The Morgan fingerprint density at radius 2 is 2.00 bits per heavy atom. The average Bonchev–Trinajstić information content (AvgIpc) is 3.36. The van der Waals surface area contributed by atoms with Crippen LogP contribution in [0, 0.1) is 0 Å². The normalized spacial score (nSPS) is 19.8. The summed E-state index contributed by atoms with van der Waals surface area (Å²) in [6.07, 6.45) is 3.45. The number of Topliss-reactive ketones (excluding diaryl/α,β-unsaturated/α-hetero) is 1. The number of amides is 1. The van der Waals surface area contributed by atoms with E-state index in [4.69, 9.17) is 4.74 Å². The van der Waals surface area contributed by atoms with Gasteiger partial charge >= 0.3 is 0 Å². The molecule has 5 heteroatoms. The second kappa shape index (κ2) is 8.54. The van der Waals surface area contributed by atoms with Crippen LogP contribution in [0.2, 0.25) is 0 Å². The third kappa shape index (κ3) is 3.88. The van der Waals surface area contributed by atoms with Gasteiger partial charge in [0.15, 0.2) is 5.78 Å². The molecule has 154 valence electrons. The van der Waals surface area contributed by atoms with E-state index in [1.807, 2.05) is 33.7 Å². The van der Waals surface area contributed by atoms with E-state index in [2.05, 4.69) is 26.0 Å². The van der Waals surface area contributed by atoms with Crippen LogP contribution in [-0.2, 0) is 17.9 Å². The van der Waals surface area contributed by atoms with Gasteiger partial charge in [-0.3, -0.25) is 9.59 Å². The van der Waals surface area contributed by atoms with Crippen LogP contribution in [0.1, 0.15) is 77.6 Å². The maximum absolute atomic E-state index is 13.3. The van der Waals surface area contributed by atoms with Crippen LogP contribution < -0.4 is 0 Å². The summed E-state index contributed by atoms with van der Waals surface area (Å²) < 4.78 is 7.66. The SMILES string of the molecule is CC[C@@H](CC(=O)c1cc(C(=O)N2CCC[C@H]2C)c2n1CCOC2)c1ccccc1. The Balaban J connectivity index is 1.62. The first kappa shape index (κ1) is 19.9. The zero-order chi connectivity index (χ0) is 20.4. The molecule has 2 aliphatic rings. The van der Waals surface area contributed by atoms with E-state index in [9.17, 15) is 9.59 Å². The van der Waals surface area contributed by atoms with Crippen LogP contribution >= 0.6 is 0 Å². The maximum atomic E-state index is 13.3. The first-order valence-electron chi connectivity index (χ1n) is 10.8. The monoisotopic (exact) mass is 394 g/mol. The van der Waals surface area contributed by atoms with E-state index in [1.54, 1.807) is 0 Å². The minimum Gasteiger partial charge on any atom is -0.373 e. The lowest BCUT2D eigenvalue weighted by molar-refractivity contribution is 0.0698. The van der Waals surface area contributed by atoms with Gasteiger partial charge in [0.1, 0.15) is 0 Å². The van der Waals surface area contributed by atoms with Gasteiger partial charge in [0, 0.05) is 25.6 Å². The highest BCUT2D eigenvalue weighted by Crippen LogP contribution is 2.29. The molecule has 1 fully saturated rings. The molecule has 4 rings (SSSR count). The molecule has 0 saturated carbocycles. The van der Waals surface area contributed by atoms with Crippen molar-refractivity contribution in [2.75, 3.05) is 13.2 Å². The van der Waals surface area contributed by atoms with E-state index in [-0.39, 0.29) is 23.7 Å². The second-order valence-electron chi connectivity index (χ2n) is 8.23. The number of ether oxygens (including phenoxy) is 1. The summed E-state index contributed by atoms with van der Waals surface area (Å²) in [6, 6.07) is 12.3. The lowest BCUT2D eigenvalue weighted by Crippen LogP contribution is -2.34. The standard InChI is InChI=1S/C24H30N2O3/c1-3-18(19-9-5-4-6-10-19)14-23(27)21-15-20(22-16-29-13-12-26(21)22)24(28)25-11-7-8-17(25)2/h4-6,9-10,15,17-18H,3,7-8,11-14,16H2,1-2H3/t17-,18+/m1/s1. The largest absolute Gasteiger partial charge is 0.373 e. The molecular formula is C24H30N2O3. The molecule has 1 aromatic heterocycles. The first-order chi connectivity index (χ1) is 14.1. The Hall–Kier alpha value is -2.40. The maximum Gasteiger partial charge on any atom is 0.256 e. The zero-order valence-corrected chi connectivity index (χ0v) is 17.4. The van der Waals surface area contributed by atoms with Crippen LogP contribution in [0.4, 0.5) is 0 Å². The van der Waals surface area contributed by atoms with Crippen LogP contribution in [0.3, 0.4) is 0 Å².